The highest BCUT2D eigenvalue weighted by atomic mass is 19.1. The van der Waals surface area contributed by atoms with E-state index in [1.165, 1.54) is 6.07 Å². The third kappa shape index (κ3) is 2.16. The van der Waals surface area contributed by atoms with Crippen molar-refractivity contribution in [3.63, 3.8) is 0 Å². The average Bonchev–Trinajstić information content (AvgIpc) is 2.90. The van der Waals surface area contributed by atoms with E-state index < -0.39 is 0 Å². The first kappa shape index (κ1) is 12.4. The maximum atomic E-state index is 13.9. The summed E-state index contributed by atoms with van der Waals surface area (Å²) in [5, 5.41) is 5.96. The molecule has 5 nitrogen and oxygen atoms in total. The van der Waals surface area contributed by atoms with E-state index in [-0.39, 0.29) is 5.82 Å². The number of halogens is 1. The molecule has 0 fully saturated rings. The van der Waals surface area contributed by atoms with Crippen molar-refractivity contribution in [2.45, 2.75) is 6.92 Å². The molecule has 0 aliphatic heterocycles. The minimum absolute atomic E-state index is 0.314. The first-order valence-corrected chi connectivity index (χ1v) is 6.22. The summed E-state index contributed by atoms with van der Waals surface area (Å²) in [4.78, 5) is 8.60. The molecule has 2 aromatic heterocycles. The van der Waals surface area contributed by atoms with Crippen LogP contribution in [0.15, 0.2) is 36.8 Å². The largest absolute Gasteiger partial charge is 0.372 e. The number of nitrogens with zero attached hydrogens (tertiary/aromatic N) is 3. The number of nitrogens with one attached hydrogen (secondary N) is 2. The van der Waals surface area contributed by atoms with Gasteiger partial charge in [0.05, 0.1) is 11.9 Å². The van der Waals surface area contributed by atoms with Gasteiger partial charge in [-0.2, -0.15) is 0 Å². The molecule has 0 bridgehead atoms. The molecule has 2 N–H and O–H groups in total. The Morgan fingerprint density at radius 2 is 2.15 bits per heavy atom. The minimum Gasteiger partial charge on any atom is -0.372 e. The van der Waals surface area contributed by atoms with Crippen LogP contribution < -0.4 is 10.6 Å². The van der Waals surface area contributed by atoms with E-state index in [1.54, 1.807) is 19.3 Å². The number of aryl methyl sites for hydroxylation is 1. The molecular weight excluding hydrogens is 257 g/mol. The van der Waals surface area contributed by atoms with E-state index in [0.29, 0.717) is 23.0 Å². The van der Waals surface area contributed by atoms with E-state index in [2.05, 4.69) is 20.6 Å². The number of anilines is 3. The molecule has 0 aliphatic rings. The second-order valence-corrected chi connectivity index (χ2v) is 4.49. The topological polar surface area (TPSA) is 54.2 Å². The van der Waals surface area contributed by atoms with Crippen molar-refractivity contribution in [1.29, 1.82) is 0 Å². The van der Waals surface area contributed by atoms with Gasteiger partial charge >= 0.3 is 0 Å². The lowest BCUT2D eigenvalue weighted by atomic mass is 10.2. The number of aromatic nitrogens is 3. The van der Waals surface area contributed by atoms with Crippen LogP contribution in [0, 0.1) is 12.7 Å². The Labute approximate surface area is 115 Å². The van der Waals surface area contributed by atoms with Gasteiger partial charge in [0, 0.05) is 19.4 Å². The summed E-state index contributed by atoms with van der Waals surface area (Å²) < 4.78 is 15.7. The number of imidazole rings is 1. The first-order chi connectivity index (χ1) is 9.67. The standard InChI is InChI=1S/C14H14FN5/c1-9-3-4-11(10(15)7-9)18-13-14-17-5-6-20(14)8-12(16-2)19-13/h3-8,16H,1-2H3,(H,18,19). The van der Waals surface area contributed by atoms with Crippen LogP contribution in [0.3, 0.4) is 0 Å². The van der Waals surface area contributed by atoms with Crippen molar-refractivity contribution < 1.29 is 4.39 Å². The monoisotopic (exact) mass is 271 g/mol. The summed E-state index contributed by atoms with van der Waals surface area (Å²) in [7, 11) is 1.78. The molecular formula is C14H14FN5. The Morgan fingerprint density at radius 1 is 1.30 bits per heavy atom. The van der Waals surface area contributed by atoms with Gasteiger partial charge in [-0.3, -0.25) is 0 Å². The third-order valence-electron chi connectivity index (χ3n) is 3.01. The molecule has 102 valence electrons. The van der Waals surface area contributed by atoms with E-state index in [1.807, 2.05) is 29.8 Å². The molecule has 6 heteroatoms. The molecule has 0 radical (unpaired) electrons. The summed E-state index contributed by atoms with van der Waals surface area (Å²) in [5.74, 6) is 0.862. The van der Waals surface area contributed by atoms with Crippen LogP contribution in [0.2, 0.25) is 0 Å². The zero-order chi connectivity index (χ0) is 14.1. The smallest absolute Gasteiger partial charge is 0.180 e. The summed E-state index contributed by atoms with van der Waals surface area (Å²) in [5.41, 5.74) is 1.89. The molecule has 0 amide bonds. The number of benzene rings is 1. The number of fused-ring (bicyclic) bond motifs is 1. The molecule has 20 heavy (non-hydrogen) atoms. The molecule has 0 unspecified atom stereocenters. The lowest BCUT2D eigenvalue weighted by Crippen LogP contribution is -2.03. The number of hydrogen-bond donors (Lipinski definition) is 2. The second kappa shape index (κ2) is 4.80. The highest BCUT2D eigenvalue weighted by molar-refractivity contribution is 5.71. The Hall–Kier alpha value is -2.63. The van der Waals surface area contributed by atoms with E-state index >= 15 is 0 Å². The van der Waals surface area contributed by atoms with Gasteiger partial charge in [-0.25, -0.2) is 14.4 Å². The Morgan fingerprint density at radius 3 is 2.90 bits per heavy atom. The quantitative estimate of drug-likeness (QED) is 0.769. The lowest BCUT2D eigenvalue weighted by Gasteiger charge is -2.10. The average molecular weight is 271 g/mol. The fourth-order valence-electron chi connectivity index (χ4n) is 1.99. The lowest BCUT2D eigenvalue weighted by molar-refractivity contribution is 0.630. The zero-order valence-corrected chi connectivity index (χ0v) is 11.2. The molecule has 3 aromatic rings. The van der Waals surface area contributed by atoms with Crippen LogP contribution in [-0.2, 0) is 0 Å². The summed E-state index contributed by atoms with van der Waals surface area (Å²) in [6.07, 6.45) is 5.31. The van der Waals surface area contributed by atoms with Crippen LogP contribution in [0.25, 0.3) is 5.65 Å². The number of hydrogen-bond acceptors (Lipinski definition) is 4. The van der Waals surface area contributed by atoms with Gasteiger partial charge in [0.25, 0.3) is 0 Å². The van der Waals surface area contributed by atoms with Gasteiger partial charge in [-0.05, 0) is 24.6 Å². The van der Waals surface area contributed by atoms with Crippen molar-refractivity contribution in [1.82, 2.24) is 14.4 Å². The molecule has 0 saturated heterocycles. The number of rotatable bonds is 3. The second-order valence-electron chi connectivity index (χ2n) is 4.49. The zero-order valence-electron chi connectivity index (χ0n) is 11.2. The van der Waals surface area contributed by atoms with Crippen LogP contribution in [-0.4, -0.2) is 21.4 Å². The fraction of sp³-hybridized carbons (Fsp3) is 0.143. The van der Waals surface area contributed by atoms with Crippen LogP contribution in [0.1, 0.15) is 5.56 Å². The maximum Gasteiger partial charge on any atom is 0.180 e. The molecule has 3 rings (SSSR count). The molecule has 0 atom stereocenters. The van der Waals surface area contributed by atoms with Gasteiger partial charge in [-0.15, -0.1) is 0 Å². The third-order valence-corrected chi connectivity index (χ3v) is 3.01. The summed E-state index contributed by atoms with van der Waals surface area (Å²) >= 11 is 0. The highest BCUT2D eigenvalue weighted by Crippen LogP contribution is 2.23. The van der Waals surface area contributed by atoms with Crippen LogP contribution >= 0.6 is 0 Å². The van der Waals surface area contributed by atoms with Gasteiger partial charge < -0.3 is 15.0 Å². The Bertz CT molecular complexity index is 765. The van der Waals surface area contributed by atoms with Gasteiger partial charge in [0.1, 0.15) is 11.6 Å². The van der Waals surface area contributed by atoms with Crippen molar-refractivity contribution in [3.8, 4) is 0 Å². The van der Waals surface area contributed by atoms with Gasteiger partial charge in [-0.1, -0.05) is 6.07 Å². The summed E-state index contributed by atoms with van der Waals surface area (Å²) in [6, 6.07) is 5.01. The first-order valence-electron chi connectivity index (χ1n) is 6.22. The Balaban J connectivity index is 2.07. The van der Waals surface area contributed by atoms with E-state index in [4.69, 9.17) is 0 Å². The fourth-order valence-corrected chi connectivity index (χ4v) is 1.99. The summed E-state index contributed by atoms with van der Waals surface area (Å²) in [6.45, 7) is 1.85. The molecule has 0 spiro atoms. The maximum absolute atomic E-state index is 13.9. The normalized spacial score (nSPS) is 10.8. The SMILES string of the molecule is CNc1cn2ccnc2c(Nc2ccc(C)cc2F)n1. The predicted molar refractivity (Wildman–Crippen MR) is 77.0 cm³/mol. The Kier molecular flexibility index (Phi) is 2.98. The van der Waals surface area contributed by atoms with Gasteiger partial charge in [0.2, 0.25) is 0 Å². The van der Waals surface area contributed by atoms with E-state index in [0.717, 1.165) is 5.56 Å². The van der Waals surface area contributed by atoms with Crippen molar-refractivity contribution in [3.05, 3.63) is 48.2 Å². The van der Waals surface area contributed by atoms with Gasteiger partial charge in [0.15, 0.2) is 11.5 Å². The molecule has 0 aliphatic carbocycles. The molecule has 1 aromatic carbocycles. The van der Waals surface area contributed by atoms with Crippen molar-refractivity contribution in [2.75, 3.05) is 17.7 Å². The van der Waals surface area contributed by atoms with E-state index in [9.17, 15) is 4.39 Å². The minimum atomic E-state index is -0.314. The molecule has 2 heterocycles. The highest BCUT2D eigenvalue weighted by Gasteiger charge is 2.09. The molecule has 0 saturated carbocycles. The van der Waals surface area contributed by atoms with Crippen molar-refractivity contribution >= 4 is 23.0 Å². The van der Waals surface area contributed by atoms with Crippen LogP contribution in [0.4, 0.5) is 21.7 Å². The van der Waals surface area contributed by atoms with Crippen molar-refractivity contribution in [2.24, 2.45) is 0 Å². The predicted octanol–water partition coefficient (Wildman–Crippen LogP) is 2.96. The van der Waals surface area contributed by atoms with Crippen LogP contribution in [0.5, 0.6) is 0 Å².